The van der Waals surface area contributed by atoms with Crippen molar-refractivity contribution in [3.05, 3.63) is 77.5 Å². The molecule has 0 spiro atoms. The van der Waals surface area contributed by atoms with Gasteiger partial charge in [-0.2, -0.15) is 0 Å². The van der Waals surface area contributed by atoms with Crippen LogP contribution in [0.4, 0.5) is 11.5 Å². The van der Waals surface area contributed by atoms with E-state index in [1.54, 1.807) is 19.2 Å². The van der Waals surface area contributed by atoms with Gasteiger partial charge in [0.1, 0.15) is 11.6 Å². The number of amides is 1. The Bertz CT molecular complexity index is 912. The van der Waals surface area contributed by atoms with E-state index < -0.39 is 0 Å². The second-order valence-electron chi connectivity index (χ2n) is 6.48. The molecule has 6 heteroatoms. The Morgan fingerprint density at radius 1 is 1.04 bits per heavy atom. The van der Waals surface area contributed by atoms with E-state index in [2.05, 4.69) is 33.0 Å². The molecule has 2 N–H and O–H groups in total. The van der Waals surface area contributed by atoms with Gasteiger partial charge in [0, 0.05) is 6.54 Å². The van der Waals surface area contributed by atoms with Gasteiger partial charge in [0.15, 0.2) is 5.69 Å². The van der Waals surface area contributed by atoms with Gasteiger partial charge < -0.3 is 15.4 Å². The molecule has 3 rings (SSSR count). The summed E-state index contributed by atoms with van der Waals surface area (Å²) in [6.45, 7) is 2.74. The summed E-state index contributed by atoms with van der Waals surface area (Å²) >= 11 is 0. The van der Waals surface area contributed by atoms with E-state index in [0.29, 0.717) is 17.3 Å². The number of hydrogen-bond acceptors (Lipinski definition) is 5. The van der Waals surface area contributed by atoms with E-state index >= 15 is 0 Å². The largest absolute Gasteiger partial charge is 0.495 e. The Morgan fingerprint density at radius 2 is 1.86 bits per heavy atom. The first kappa shape index (κ1) is 19.4. The lowest BCUT2D eigenvalue weighted by Crippen LogP contribution is -2.15. The summed E-state index contributed by atoms with van der Waals surface area (Å²) in [6.07, 6.45) is 1.99. The summed E-state index contributed by atoms with van der Waals surface area (Å²) < 4.78 is 5.28. The molecule has 6 nitrogen and oxygen atoms in total. The van der Waals surface area contributed by atoms with Crippen LogP contribution in [0.1, 0.15) is 28.0 Å². The number of methoxy groups -OCH3 is 1. The molecule has 1 heterocycles. The maximum Gasteiger partial charge on any atom is 0.276 e. The highest BCUT2D eigenvalue weighted by Crippen LogP contribution is 2.25. The number of aryl methyl sites for hydroxylation is 2. The van der Waals surface area contributed by atoms with Crippen LogP contribution in [0.15, 0.2) is 60.7 Å². The molecule has 28 heavy (non-hydrogen) atoms. The van der Waals surface area contributed by atoms with Crippen LogP contribution in [0, 0.1) is 6.92 Å². The third-order valence-electron chi connectivity index (χ3n) is 4.29. The fourth-order valence-corrected chi connectivity index (χ4v) is 2.81. The lowest BCUT2D eigenvalue weighted by molar-refractivity contribution is 0.102. The van der Waals surface area contributed by atoms with Crippen LogP contribution in [0.25, 0.3) is 0 Å². The molecule has 1 amide bonds. The summed E-state index contributed by atoms with van der Waals surface area (Å²) in [7, 11) is 1.57. The molecular weight excluding hydrogens is 352 g/mol. The van der Waals surface area contributed by atoms with E-state index in [1.165, 1.54) is 5.56 Å². The quantitative estimate of drug-likeness (QED) is 0.579. The first-order valence-corrected chi connectivity index (χ1v) is 9.23. The van der Waals surface area contributed by atoms with Crippen LogP contribution in [0.2, 0.25) is 0 Å². The van der Waals surface area contributed by atoms with Crippen LogP contribution < -0.4 is 15.4 Å². The van der Waals surface area contributed by atoms with Crippen molar-refractivity contribution >= 4 is 17.4 Å². The number of carbonyl (C=O) groups excluding carboxylic acids is 1. The molecule has 3 aromatic rings. The number of nitrogens with one attached hydrogen (secondary N) is 2. The summed E-state index contributed by atoms with van der Waals surface area (Å²) in [6, 6.07) is 19.4. The minimum absolute atomic E-state index is 0.249. The summed E-state index contributed by atoms with van der Waals surface area (Å²) in [5, 5.41) is 14.2. The monoisotopic (exact) mass is 376 g/mol. The van der Waals surface area contributed by atoms with Crippen LogP contribution >= 0.6 is 0 Å². The predicted octanol–water partition coefficient (Wildman–Crippen LogP) is 4.09. The molecule has 0 unspecified atom stereocenters. The zero-order chi connectivity index (χ0) is 19.8. The average Bonchev–Trinajstić information content (AvgIpc) is 2.72. The number of aromatic nitrogens is 2. The molecule has 0 aliphatic heterocycles. The summed E-state index contributed by atoms with van der Waals surface area (Å²) in [5.74, 6) is 0.924. The van der Waals surface area contributed by atoms with Crippen LogP contribution in [-0.2, 0) is 6.42 Å². The maximum atomic E-state index is 12.4. The zero-order valence-corrected chi connectivity index (χ0v) is 16.1. The first-order chi connectivity index (χ1) is 13.7. The van der Waals surface area contributed by atoms with E-state index in [4.69, 9.17) is 4.74 Å². The SMILES string of the molecule is COc1ccc(C)cc1NC(=O)c1ccc(NCCCc2ccccc2)nn1. The topological polar surface area (TPSA) is 76.1 Å². The standard InChI is InChI=1S/C22H24N4O2/c1-16-10-12-20(28-2)19(15-16)24-22(27)18-11-13-21(26-25-18)23-14-6-9-17-7-4-3-5-8-17/h3-5,7-8,10-13,15H,6,9,14H2,1-2H3,(H,23,26)(H,24,27). The molecule has 0 atom stereocenters. The van der Waals surface area contributed by atoms with Gasteiger partial charge in [0.25, 0.3) is 5.91 Å². The lowest BCUT2D eigenvalue weighted by Gasteiger charge is -2.11. The smallest absolute Gasteiger partial charge is 0.276 e. The predicted molar refractivity (Wildman–Crippen MR) is 111 cm³/mol. The third kappa shape index (κ3) is 5.30. The Kier molecular flexibility index (Phi) is 6.57. The van der Waals surface area contributed by atoms with Crippen molar-refractivity contribution < 1.29 is 9.53 Å². The summed E-state index contributed by atoms with van der Waals surface area (Å²) in [4.78, 5) is 12.4. The Labute approximate surface area is 165 Å². The van der Waals surface area contributed by atoms with Crippen molar-refractivity contribution in [3.63, 3.8) is 0 Å². The van der Waals surface area contributed by atoms with Crippen LogP contribution in [-0.4, -0.2) is 29.8 Å². The fourth-order valence-electron chi connectivity index (χ4n) is 2.81. The second-order valence-corrected chi connectivity index (χ2v) is 6.48. The van der Waals surface area contributed by atoms with E-state index in [-0.39, 0.29) is 11.6 Å². The molecule has 0 fully saturated rings. The molecular formula is C22H24N4O2. The highest BCUT2D eigenvalue weighted by atomic mass is 16.5. The van der Waals surface area contributed by atoms with E-state index in [9.17, 15) is 4.79 Å². The van der Waals surface area contributed by atoms with Gasteiger partial charge in [0.05, 0.1) is 12.8 Å². The number of anilines is 2. The highest BCUT2D eigenvalue weighted by molar-refractivity contribution is 6.03. The van der Waals surface area contributed by atoms with Gasteiger partial charge in [-0.1, -0.05) is 36.4 Å². The first-order valence-electron chi connectivity index (χ1n) is 9.23. The molecule has 144 valence electrons. The Hall–Kier alpha value is -3.41. The number of hydrogen-bond donors (Lipinski definition) is 2. The van der Waals surface area contributed by atoms with E-state index in [0.717, 1.165) is 24.9 Å². The van der Waals surface area contributed by atoms with Gasteiger partial charge in [-0.05, 0) is 55.2 Å². The van der Waals surface area contributed by atoms with Crippen molar-refractivity contribution in [2.24, 2.45) is 0 Å². The van der Waals surface area contributed by atoms with Crippen LogP contribution in [0.3, 0.4) is 0 Å². The average molecular weight is 376 g/mol. The summed E-state index contributed by atoms with van der Waals surface area (Å²) in [5.41, 5.74) is 3.20. The van der Waals surface area contributed by atoms with E-state index in [1.807, 2.05) is 43.3 Å². The van der Waals surface area contributed by atoms with Gasteiger partial charge in [-0.3, -0.25) is 4.79 Å². The number of rotatable bonds is 8. The van der Waals surface area contributed by atoms with Crippen molar-refractivity contribution in [3.8, 4) is 5.75 Å². The van der Waals surface area contributed by atoms with Crippen LogP contribution in [0.5, 0.6) is 5.75 Å². The lowest BCUT2D eigenvalue weighted by atomic mass is 10.1. The molecule has 2 aromatic carbocycles. The van der Waals surface area contributed by atoms with Crippen molar-refractivity contribution in [2.75, 3.05) is 24.3 Å². The third-order valence-corrected chi connectivity index (χ3v) is 4.29. The van der Waals surface area contributed by atoms with Crippen molar-refractivity contribution in [1.29, 1.82) is 0 Å². The fraction of sp³-hybridized carbons (Fsp3) is 0.227. The van der Waals surface area contributed by atoms with Crippen molar-refractivity contribution in [2.45, 2.75) is 19.8 Å². The normalized spacial score (nSPS) is 10.4. The number of carbonyl (C=O) groups is 1. The number of nitrogens with zero attached hydrogens (tertiary/aromatic N) is 2. The molecule has 1 aromatic heterocycles. The minimum Gasteiger partial charge on any atom is -0.495 e. The van der Waals surface area contributed by atoms with Gasteiger partial charge in [-0.15, -0.1) is 10.2 Å². The molecule has 0 bridgehead atoms. The maximum absolute atomic E-state index is 12.4. The Morgan fingerprint density at radius 3 is 2.57 bits per heavy atom. The van der Waals surface area contributed by atoms with Gasteiger partial charge in [0.2, 0.25) is 0 Å². The van der Waals surface area contributed by atoms with Gasteiger partial charge >= 0.3 is 0 Å². The number of ether oxygens (including phenoxy) is 1. The molecule has 0 saturated carbocycles. The molecule has 0 aliphatic carbocycles. The zero-order valence-electron chi connectivity index (χ0n) is 16.1. The Balaban J connectivity index is 1.52. The number of benzene rings is 2. The minimum atomic E-state index is -0.327. The molecule has 0 saturated heterocycles. The second kappa shape index (κ2) is 9.50. The highest BCUT2D eigenvalue weighted by Gasteiger charge is 2.12. The van der Waals surface area contributed by atoms with Crippen molar-refractivity contribution in [1.82, 2.24) is 10.2 Å². The van der Waals surface area contributed by atoms with Gasteiger partial charge in [-0.25, -0.2) is 0 Å². The molecule has 0 radical (unpaired) electrons. The molecule has 0 aliphatic rings.